The maximum Gasteiger partial charge on any atom is 0.219 e. The molecule has 82 valence electrons. The molecule has 0 aliphatic rings. The maximum atomic E-state index is 12.6. The number of nitrogens with zero attached hydrogens (tertiary/aromatic N) is 1. The fourth-order valence-corrected chi connectivity index (χ4v) is 1.59. The van der Waals surface area contributed by atoms with Crippen LogP contribution in [0.2, 0.25) is 5.02 Å². The standard InChI is InChI=1S/C11H6BrClFNO/c12-7-1-3-9(13)10(5-7)16-11-4-2-8(14)6-15-11/h1-6H. The van der Waals surface area contributed by atoms with Crippen LogP contribution in [0.15, 0.2) is 41.0 Å². The molecule has 0 radical (unpaired) electrons. The minimum Gasteiger partial charge on any atom is -0.437 e. The average Bonchev–Trinajstić information content (AvgIpc) is 2.27. The van der Waals surface area contributed by atoms with E-state index >= 15 is 0 Å². The molecule has 16 heavy (non-hydrogen) atoms. The highest BCUT2D eigenvalue weighted by molar-refractivity contribution is 9.10. The van der Waals surface area contributed by atoms with Gasteiger partial charge in [-0.25, -0.2) is 9.37 Å². The normalized spacial score (nSPS) is 10.2. The molecule has 2 aromatic rings. The Labute approximate surface area is 105 Å². The summed E-state index contributed by atoms with van der Waals surface area (Å²) in [5, 5.41) is 0.467. The lowest BCUT2D eigenvalue weighted by atomic mass is 10.3. The van der Waals surface area contributed by atoms with Crippen molar-refractivity contribution in [3.63, 3.8) is 0 Å². The zero-order chi connectivity index (χ0) is 11.5. The highest BCUT2D eigenvalue weighted by Gasteiger charge is 2.04. The fourth-order valence-electron chi connectivity index (χ4n) is 1.09. The second kappa shape index (κ2) is 4.80. The maximum absolute atomic E-state index is 12.6. The number of hydrogen-bond acceptors (Lipinski definition) is 2. The first kappa shape index (κ1) is 11.4. The molecular formula is C11H6BrClFNO. The summed E-state index contributed by atoms with van der Waals surface area (Å²) < 4.78 is 18.9. The largest absolute Gasteiger partial charge is 0.437 e. The van der Waals surface area contributed by atoms with E-state index in [1.807, 2.05) is 0 Å². The molecule has 0 bridgehead atoms. The SMILES string of the molecule is Fc1ccc(Oc2cc(Br)ccc2Cl)nc1. The van der Waals surface area contributed by atoms with Crippen molar-refractivity contribution in [3.8, 4) is 11.6 Å². The quantitative estimate of drug-likeness (QED) is 0.819. The molecule has 0 N–H and O–H groups in total. The van der Waals surface area contributed by atoms with Gasteiger partial charge in [-0.05, 0) is 24.3 Å². The van der Waals surface area contributed by atoms with Gasteiger partial charge in [-0.15, -0.1) is 0 Å². The van der Waals surface area contributed by atoms with Crippen molar-refractivity contribution >= 4 is 27.5 Å². The summed E-state index contributed by atoms with van der Waals surface area (Å²) in [4.78, 5) is 3.77. The molecule has 0 spiro atoms. The summed E-state index contributed by atoms with van der Waals surface area (Å²) in [6.07, 6.45) is 1.08. The van der Waals surface area contributed by atoms with Gasteiger partial charge < -0.3 is 4.74 Å². The van der Waals surface area contributed by atoms with Gasteiger partial charge in [-0.1, -0.05) is 27.5 Å². The lowest BCUT2D eigenvalue weighted by Crippen LogP contribution is -1.89. The van der Waals surface area contributed by atoms with Crippen molar-refractivity contribution in [3.05, 3.63) is 51.8 Å². The van der Waals surface area contributed by atoms with Gasteiger partial charge in [0, 0.05) is 10.5 Å². The van der Waals surface area contributed by atoms with Crippen LogP contribution in [0, 0.1) is 5.82 Å². The summed E-state index contributed by atoms with van der Waals surface area (Å²) >= 11 is 9.23. The molecule has 0 amide bonds. The molecule has 1 aromatic carbocycles. The zero-order valence-corrected chi connectivity index (χ0v) is 10.3. The van der Waals surface area contributed by atoms with E-state index in [2.05, 4.69) is 20.9 Å². The van der Waals surface area contributed by atoms with Crippen molar-refractivity contribution < 1.29 is 9.13 Å². The first-order chi connectivity index (χ1) is 7.65. The minimum absolute atomic E-state index is 0.293. The molecule has 2 nitrogen and oxygen atoms in total. The van der Waals surface area contributed by atoms with Crippen LogP contribution in [0.1, 0.15) is 0 Å². The molecule has 1 aromatic heterocycles. The van der Waals surface area contributed by atoms with E-state index in [1.54, 1.807) is 18.2 Å². The number of hydrogen-bond donors (Lipinski definition) is 0. The predicted octanol–water partition coefficient (Wildman–Crippen LogP) is 4.43. The Bertz CT molecular complexity index is 504. The van der Waals surface area contributed by atoms with Gasteiger partial charge >= 0.3 is 0 Å². The van der Waals surface area contributed by atoms with E-state index in [-0.39, 0.29) is 0 Å². The Morgan fingerprint density at radius 1 is 1.25 bits per heavy atom. The molecule has 0 unspecified atom stereocenters. The molecule has 1 heterocycles. The Morgan fingerprint density at radius 2 is 2.06 bits per heavy atom. The van der Waals surface area contributed by atoms with E-state index in [0.717, 1.165) is 10.7 Å². The van der Waals surface area contributed by atoms with Crippen molar-refractivity contribution in [2.75, 3.05) is 0 Å². The second-order valence-corrected chi connectivity index (χ2v) is 4.31. The summed E-state index contributed by atoms with van der Waals surface area (Å²) in [6.45, 7) is 0. The van der Waals surface area contributed by atoms with Crippen LogP contribution in [0.3, 0.4) is 0 Å². The van der Waals surface area contributed by atoms with Crippen molar-refractivity contribution in [1.82, 2.24) is 4.98 Å². The van der Waals surface area contributed by atoms with Gasteiger partial charge in [0.15, 0.2) is 0 Å². The van der Waals surface area contributed by atoms with Crippen molar-refractivity contribution in [2.24, 2.45) is 0 Å². The highest BCUT2D eigenvalue weighted by atomic mass is 79.9. The topological polar surface area (TPSA) is 22.1 Å². The predicted molar refractivity (Wildman–Crippen MR) is 63.4 cm³/mol. The lowest BCUT2D eigenvalue weighted by Gasteiger charge is -2.06. The number of aromatic nitrogens is 1. The minimum atomic E-state index is -0.410. The van der Waals surface area contributed by atoms with Crippen molar-refractivity contribution in [1.29, 1.82) is 0 Å². The number of halogens is 3. The van der Waals surface area contributed by atoms with E-state index in [4.69, 9.17) is 16.3 Å². The number of ether oxygens (including phenoxy) is 1. The number of benzene rings is 1. The lowest BCUT2D eigenvalue weighted by molar-refractivity contribution is 0.459. The second-order valence-electron chi connectivity index (χ2n) is 2.99. The third-order valence-electron chi connectivity index (χ3n) is 1.81. The molecule has 5 heteroatoms. The Hall–Kier alpha value is -1.13. The fraction of sp³-hybridized carbons (Fsp3) is 0. The zero-order valence-electron chi connectivity index (χ0n) is 7.95. The van der Waals surface area contributed by atoms with Crippen LogP contribution in [-0.2, 0) is 0 Å². The summed E-state index contributed by atoms with van der Waals surface area (Å²) in [7, 11) is 0. The van der Waals surface area contributed by atoms with Crippen LogP contribution >= 0.6 is 27.5 Å². The number of rotatable bonds is 2. The molecule has 0 aliphatic carbocycles. The van der Waals surface area contributed by atoms with Gasteiger partial charge in [0.1, 0.15) is 11.6 Å². The highest BCUT2D eigenvalue weighted by Crippen LogP contribution is 2.31. The molecule has 0 saturated carbocycles. The monoisotopic (exact) mass is 301 g/mol. The van der Waals surface area contributed by atoms with E-state index in [0.29, 0.717) is 16.7 Å². The Kier molecular flexibility index (Phi) is 3.41. The van der Waals surface area contributed by atoms with Crippen molar-refractivity contribution in [2.45, 2.75) is 0 Å². The molecular weight excluding hydrogens is 296 g/mol. The Balaban J connectivity index is 2.26. The van der Waals surface area contributed by atoms with Crippen LogP contribution in [0.5, 0.6) is 11.6 Å². The molecule has 0 aliphatic heterocycles. The van der Waals surface area contributed by atoms with Crippen LogP contribution in [0.4, 0.5) is 4.39 Å². The van der Waals surface area contributed by atoms with Gasteiger partial charge in [0.2, 0.25) is 5.88 Å². The van der Waals surface area contributed by atoms with E-state index in [9.17, 15) is 4.39 Å². The number of pyridine rings is 1. The third-order valence-corrected chi connectivity index (χ3v) is 2.61. The summed E-state index contributed by atoms with van der Waals surface area (Å²) in [6, 6.07) is 7.92. The first-order valence-corrected chi connectivity index (χ1v) is 5.57. The Morgan fingerprint density at radius 3 is 2.75 bits per heavy atom. The summed E-state index contributed by atoms with van der Waals surface area (Å²) in [5.41, 5.74) is 0. The third kappa shape index (κ3) is 2.71. The first-order valence-electron chi connectivity index (χ1n) is 4.39. The van der Waals surface area contributed by atoms with Crippen LogP contribution in [0.25, 0.3) is 0 Å². The van der Waals surface area contributed by atoms with Gasteiger partial charge in [-0.2, -0.15) is 0 Å². The smallest absolute Gasteiger partial charge is 0.219 e. The van der Waals surface area contributed by atoms with E-state index < -0.39 is 5.82 Å². The van der Waals surface area contributed by atoms with E-state index in [1.165, 1.54) is 12.1 Å². The summed E-state index contributed by atoms with van der Waals surface area (Å²) in [5.74, 6) is 0.351. The van der Waals surface area contributed by atoms with Crippen LogP contribution < -0.4 is 4.74 Å². The molecule has 0 atom stereocenters. The average molecular weight is 303 g/mol. The van der Waals surface area contributed by atoms with Gasteiger partial charge in [0.25, 0.3) is 0 Å². The molecule has 2 rings (SSSR count). The molecule has 0 fully saturated rings. The van der Waals surface area contributed by atoms with Gasteiger partial charge in [0.05, 0.1) is 11.2 Å². The molecule has 0 saturated heterocycles. The van der Waals surface area contributed by atoms with Crippen LogP contribution in [-0.4, -0.2) is 4.98 Å². The van der Waals surface area contributed by atoms with Gasteiger partial charge in [-0.3, -0.25) is 0 Å².